The second-order valence-corrected chi connectivity index (χ2v) is 4.57. The standard InChI is InChI=1S/C13H19N3O2/c1-9(10-4-6-15-7-5-10)16-13(17)12-3-2-11(8-14)18-12/h4-7,9,11-12H,2-3,8,14H2,1H3,(H,16,17). The van der Waals surface area contributed by atoms with Crippen LogP contribution in [0.3, 0.4) is 0 Å². The van der Waals surface area contributed by atoms with Gasteiger partial charge in [0.25, 0.3) is 0 Å². The molecule has 0 spiro atoms. The fourth-order valence-corrected chi connectivity index (χ4v) is 2.11. The maximum atomic E-state index is 12.0. The Labute approximate surface area is 107 Å². The van der Waals surface area contributed by atoms with Crippen LogP contribution in [0.5, 0.6) is 0 Å². The van der Waals surface area contributed by atoms with Crippen molar-refractivity contribution in [2.75, 3.05) is 6.54 Å². The van der Waals surface area contributed by atoms with Gasteiger partial charge in [-0.1, -0.05) is 0 Å². The molecule has 2 heterocycles. The van der Waals surface area contributed by atoms with Gasteiger partial charge in [-0.15, -0.1) is 0 Å². The average molecular weight is 249 g/mol. The number of hydrogen-bond donors (Lipinski definition) is 2. The van der Waals surface area contributed by atoms with Crippen molar-refractivity contribution < 1.29 is 9.53 Å². The van der Waals surface area contributed by atoms with Crippen molar-refractivity contribution in [3.05, 3.63) is 30.1 Å². The van der Waals surface area contributed by atoms with Gasteiger partial charge in [0.15, 0.2) is 0 Å². The van der Waals surface area contributed by atoms with E-state index < -0.39 is 0 Å². The molecule has 2 rings (SSSR count). The fraction of sp³-hybridized carbons (Fsp3) is 0.538. The maximum Gasteiger partial charge on any atom is 0.249 e. The van der Waals surface area contributed by atoms with Gasteiger partial charge in [-0.25, -0.2) is 0 Å². The molecule has 0 aliphatic carbocycles. The van der Waals surface area contributed by atoms with Crippen LogP contribution < -0.4 is 11.1 Å². The number of ether oxygens (including phenoxy) is 1. The second kappa shape index (κ2) is 5.93. The molecule has 1 saturated heterocycles. The van der Waals surface area contributed by atoms with Crippen molar-refractivity contribution in [3.63, 3.8) is 0 Å². The highest BCUT2D eigenvalue weighted by Crippen LogP contribution is 2.20. The highest BCUT2D eigenvalue weighted by molar-refractivity contribution is 5.81. The van der Waals surface area contributed by atoms with Crippen LogP contribution in [0.4, 0.5) is 0 Å². The van der Waals surface area contributed by atoms with Crippen LogP contribution in [0, 0.1) is 0 Å². The number of carbonyl (C=O) groups is 1. The molecule has 1 aromatic rings. The van der Waals surface area contributed by atoms with Crippen molar-refractivity contribution >= 4 is 5.91 Å². The molecule has 3 atom stereocenters. The van der Waals surface area contributed by atoms with Gasteiger partial charge < -0.3 is 15.8 Å². The molecule has 3 N–H and O–H groups in total. The van der Waals surface area contributed by atoms with Gasteiger partial charge in [0, 0.05) is 18.9 Å². The van der Waals surface area contributed by atoms with Crippen molar-refractivity contribution in [1.29, 1.82) is 0 Å². The molecule has 1 aliphatic rings. The molecule has 98 valence electrons. The van der Waals surface area contributed by atoms with Crippen LogP contribution in [0.25, 0.3) is 0 Å². The number of nitrogens with zero attached hydrogens (tertiary/aromatic N) is 1. The van der Waals surface area contributed by atoms with E-state index >= 15 is 0 Å². The van der Waals surface area contributed by atoms with Crippen LogP contribution >= 0.6 is 0 Å². The predicted molar refractivity (Wildman–Crippen MR) is 67.7 cm³/mol. The van der Waals surface area contributed by atoms with Crippen molar-refractivity contribution in [3.8, 4) is 0 Å². The van der Waals surface area contributed by atoms with Crippen molar-refractivity contribution in [2.45, 2.75) is 38.0 Å². The summed E-state index contributed by atoms with van der Waals surface area (Å²) in [6.45, 7) is 2.42. The molecule has 5 heteroatoms. The van der Waals surface area contributed by atoms with Gasteiger partial charge in [0.1, 0.15) is 6.10 Å². The van der Waals surface area contributed by atoms with Crippen LogP contribution in [0.2, 0.25) is 0 Å². The van der Waals surface area contributed by atoms with E-state index in [2.05, 4.69) is 10.3 Å². The molecule has 1 fully saturated rings. The van der Waals surface area contributed by atoms with E-state index in [1.165, 1.54) is 0 Å². The number of hydrogen-bond acceptors (Lipinski definition) is 4. The Bertz CT molecular complexity index is 396. The number of aromatic nitrogens is 1. The molecule has 1 amide bonds. The first-order valence-corrected chi connectivity index (χ1v) is 6.26. The zero-order valence-corrected chi connectivity index (χ0v) is 10.5. The molecule has 5 nitrogen and oxygen atoms in total. The first-order chi connectivity index (χ1) is 8.70. The Kier molecular flexibility index (Phi) is 4.28. The van der Waals surface area contributed by atoms with E-state index in [1.54, 1.807) is 12.4 Å². The third-order valence-electron chi connectivity index (χ3n) is 3.23. The summed E-state index contributed by atoms with van der Waals surface area (Å²) in [4.78, 5) is 16.0. The molecular weight excluding hydrogens is 230 g/mol. The highest BCUT2D eigenvalue weighted by atomic mass is 16.5. The number of carbonyl (C=O) groups excluding carboxylic acids is 1. The van der Waals surface area contributed by atoms with E-state index in [4.69, 9.17) is 10.5 Å². The zero-order valence-electron chi connectivity index (χ0n) is 10.5. The van der Waals surface area contributed by atoms with Crippen molar-refractivity contribution in [1.82, 2.24) is 10.3 Å². The Morgan fingerprint density at radius 1 is 1.56 bits per heavy atom. The first-order valence-electron chi connectivity index (χ1n) is 6.26. The maximum absolute atomic E-state index is 12.0. The number of nitrogens with two attached hydrogens (primary N) is 1. The molecule has 3 unspecified atom stereocenters. The van der Waals surface area contributed by atoms with Crippen LogP contribution in [0.15, 0.2) is 24.5 Å². The molecule has 0 aromatic carbocycles. The SMILES string of the molecule is CC(NC(=O)C1CCC(CN)O1)c1ccncc1. The van der Waals surface area contributed by atoms with E-state index in [0.29, 0.717) is 6.54 Å². The van der Waals surface area contributed by atoms with E-state index in [1.807, 2.05) is 19.1 Å². The Balaban J connectivity index is 1.88. The van der Waals surface area contributed by atoms with E-state index in [0.717, 1.165) is 18.4 Å². The summed E-state index contributed by atoms with van der Waals surface area (Å²) >= 11 is 0. The number of nitrogens with one attached hydrogen (secondary N) is 1. The Hall–Kier alpha value is -1.46. The monoisotopic (exact) mass is 249 g/mol. The lowest BCUT2D eigenvalue weighted by molar-refractivity contribution is -0.132. The lowest BCUT2D eigenvalue weighted by Crippen LogP contribution is -2.36. The minimum absolute atomic E-state index is 0.0250. The van der Waals surface area contributed by atoms with E-state index in [-0.39, 0.29) is 24.2 Å². The molecule has 1 aromatic heterocycles. The lowest BCUT2D eigenvalue weighted by Gasteiger charge is -2.17. The van der Waals surface area contributed by atoms with Gasteiger partial charge in [0.2, 0.25) is 5.91 Å². The Morgan fingerprint density at radius 2 is 2.28 bits per heavy atom. The summed E-state index contributed by atoms with van der Waals surface area (Å²) in [6, 6.07) is 3.74. The minimum Gasteiger partial charge on any atom is -0.364 e. The smallest absolute Gasteiger partial charge is 0.249 e. The number of pyridine rings is 1. The van der Waals surface area contributed by atoms with Gasteiger partial charge in [-0.3, -0.25) is 9.78 Å². The van der Waals surface area contributed by atoms with Gasteiger partial charge >= 0.3 is 0 Å². The topological polar surface area (TPSA) is 77.2 Å². The average Bonchev–Trinajstić information content (AvgIpc) is 2.88. The second-order valence-electron chi connectivity index (χ2n) is 4.57. The summed E-state index contributed by atoms with van der Waals surface area (Å²) in [5, 5.41) is 2.95. The van der Waals surface area contributed by atoms with Gasteiger partial charge in [-0.2, -0.15) is 0 Å². The summed E-state index contributed by atoms with van der Waals surface area (Å²) in [5.41, 5.74) is 6.56. The first kappa shape index (κ1) is 13.0. The number of amides is 1. The van der Waals surface area contributed by atoms with Crippen LogP contribution in [-0.4, -0.2) is 29.6 Å². The molecular formula is C13H19N3O2. The predicted octanol–water partition coefficient (Wildman–Crippen LogP) is 0.765. The fourth-order valence-electron chi connectivity index (χ4n) is 2.11. The minimum atomic E-state index is -0.358. The Morgan fingerprint density at radius 3 is 2.89 bits per heavy atom. The number of rotatable bonds is 4. The largest absolute Gasteiger partial charge is 0.364 e. The third-order valence-corrected chi connectivity index (χ3v) is 3.23. The normalized spacial score (nSPS) is 24.8. The molecule has 18 heavy (non-hydrogen) atoms. The van der Waals surface area contributed by atoms with Crippen molar-refractivity contribution in [2.24, 2.45) is 5.73 Å². The summed E-state index contributed by atoms with van der Waals surface area (Å²) in [6.07, 6.45) is 4.71. The summed E-state index contributed by atoms with van der Waals surface area (Å²) in [5.74, 6) is -0.0599. The zero-order chi connectivity index (χ0) is 13.0. The van der Waals surface area contributed by atoms with Gasteiger partial charge in [-0.05, 0) is 37.5 Å². The quantitative estimate of drug-likeness (QED) is 0.826. The lowest BCUT2D eigenvalue weighted by atomic mass is 10.1. The summed E-state index contributed by atoms with van der Waals surface area (Å²) in [7, 11) is 0. The highest BCUT2D eigenvalue weighted by Gasteiger charge is 2.30. The summed E-state index contributed by atoms with van der Waals surface area (Å²) < 4.78 is 5.56. The van der Waals surface area contributed by atoms with E-state index in [9.17, 15) is 4.79 Å². The van der Waals surface area contributed by atoms with Crippen LogP contribution in [0.1, 0.15) is 31.4 Å². The third kappa shape index (κ3) is 3.05. The molecule has 0 bridgehead atoms. The molecule has 0 saturated carbocycles. The molecule has 1 aliphatic heterocycles. The van der Waals surface area contributed by atoms with Crippen LogP contribution in [-0.2, 0) is 9.53 Å². The van der Waals surface area contributed by atoms with Gasteiger partial charge in [0.05, 0.1) is 12.1 Å². The molecule has 0 radical (unpaired) electrons.